The third-order valence-electron chi connectivity index (χ3n) is 10.0. The van der Waals surface area contributed by atoms with Crippen LogP contribution in [-0.4, -0.2) is 75.8 Å². The van der Waals surface area contributed by atoms with Crippen molar-refractivity contribution in [1.82, 2.24) is 0 Å². The SMILES string of the molecule is CO[C@@H](C[C@@H]1C[C@H](O[Si](C(C)C)(C(C)C)C(C)C)C[C@H](CCO)O1)C[C@H]1O[C@H](C[C@@H](/C=C/CC(C)C)OC(C)=O)CC[C@@H]1C. The Hall–Kier alpha value is -0.773. The molecule has 2 saturated heterocycles. The summed E-state index contributed by atoms with van der Waals surface area (Å²) >= 11 is 0. The van der Waals surface area contributed by atoms with Crippen molar-refractivity contribution in [2.24, 2.45) is 11.8 Å². The van der Waals surface area contributed by atoms with Crippen molar-refractivity contribution < 1.29 is 33.3 Å². The Balaban J connectivity index is 2.10. The molecular formula is C36H68O7Si. The molecule has 0 radical (unpaired) electrons. The molecule has 0 bridgehead atoms. The number of rotatable bonds is 18. The molecule has 2 aliphatic heterocycles. The highest BCUT2D eigenvalue weighted by molar-refractivity contribution is 6.77. The minimum atomic E-state index is -2.04. The van der Waals surface area contributed by atoms with E-state index < -0.39 is 8.32 Å². The molecule has 0 aromatic rings. The van der Waals surface area contributed by atoms with E-state index in [0.717, 1.165) is 44.9 Å². The van der Waals surface area contributed by atoms with Crippen LogP contribution in [0.25, 0.3) is 0 Å². The van der Waals surface area contributed by atoms with Gasteiger partial charge in [0.05, 0.1) is 36.6 Å². The number of hydrogen-bond donors (Lipinski definition) is 1. The number of methoxy groups -OCH3 is 1. The van der Waals surface area contributed by atoms with Crippen LogP contribution in [0.2, 0.25) is 16.6 Å². The van der Waals surface area contributed by atoms with Crippen LogP contribution >= 0.6 is 0 Å². The number of carbonyl (C=O) groups excluding carboxylic acids is 1. The van der Waals surface area contributed by atoms with E-state index in [2.05, 4.69) is 68.4 Å². The van der Waals surface area contributed by atoms with Crippen molar-refractivity contribution in [1.29, 1.82) is 0 Å². The van der Waals surface area contributed by atoms with Crippen molar-refractivity contribution >= 4 is 14.3 Å². The minimum absolute atomic E-state index is 0.00257. The summed E-state index contributed by atoms with van der Waals surface area (Å²) < 4.78 is 32.2. The monoisotopic (exact) mass is 640 g/mol. The Labute approximate surface area is 271 Å². The summed E-state index contributed by atoms with van der Waals surface area (Å²) in [7, 11) is -0.247. The lowest BCUT2D eigenvalue weighted by Crippen LogP contribution is -2.52. The Morgan fingerprint density at radius 3 is 2.09 bits per heavy atom. The van der Waals surface area contributed by atoms with Gasteiger partial charge in [-0.3, -0.25) is 4.79 Å². The first-order valence-corrected chi connectivity index (χ1v) is 19.8. The molecule has 8 atom stereocenters. The molecule has 0 unspecified atom stereocenters. The first-order chi connectivity index (χ1) is 20.7. The maximum atomic E-state index is 11.8. The molecule has 8 heteroatoms. The van der Waals surface area contributed by atoms with Gasteiger partial charge in [0.1, 0.15) is 6.10 Å². The van der Waals surface area contributed by atoms with Gasteiger partial charge in [0, 0.05) is 33.5 Å². The molecule has 44 heavy (non-hydrogen) atoms. The number of ether oxygens (including phenoxy) is 4. The summed E-state index contributed by atoms with van der Waals surface area (Å²) in [6.45, 7) is 22.3. The maximum Gasteiger partial charge on any atom is 0.303 e. The largest absolute Gasteiger partial charge is 0.458 e. The number of hydrogen-bond acceptors (Lipinski definition) is 7. The maximum absolute atomic E-state index is 11.8. The third-order valence-corrected chi connectivity index (χ3v) is 16.2. The second-order valence-electron chi connectivity index (χ2n) is 15.0. The average Bonchev–Trinajstić information content (AvgIpc) is 2.92. The molecular weight excluding hydrogens is 572 g/mol. The highest BCUT2D eigenvalue weighted by Gasteiger charge is 2.48. The average molecular weight is 641 g/mol. The molecule has 7 nitrogen and oxygen atoms in total. The number of carbonyl (C=O) groups is 1. The summed E-state index contributed by atoms with van der Waals surface area (Å²) in [4.78, 5) is 11.8. The fourth-order valence-corrected chi connectivity index (χ4v) is 13.5. The fraction of sp³-hybridized carbons (Fsp3) is 0.917. The summed E-state index contributed by atoms with van der Waals surface area (Å²) in [5.41, 5.74) is 1.57. The van der Waals surface area contributed by atoms with E-state index in [1.165, 1.54) is 6.92 Å². The van der Waals surface area contributed by atoms with Crippen molar-refractivity contribution in [2.45, 2.75) is 186 Å². The van der Waals surface area contributed by atoms with Crippen LogP contribution in [0.4, 0.5) is 0 Å². The van der Waals surface area contributed by atoms with Crippen LogP contribution in [0, 0.1) is 11.8 Å². The zero-order valence-corrected chi connectivity index (χ0v) is 31.1. The second kappa shape index (κ2) is 19.1. The number of esters is 1. The molecule has 0 aromatic carbocycles. The number of allylic oxidation sites excluding steroid dienone is 1. The van der Waals surface area contributed by atoms with Crippen molar-refractivity contribution in [3.8, 4) is 0 Å². The summed E-state index contributed by atoms with van der Waals surface area (Å²) in [5, 5.41) is 9.78. The standard InChI is InChI=1S/C36H68O7Si/c1-24(2)13-12-14-30(40-29(10)38)19-31-16-15-28(9)36(42-31)23-33(39-11)21-34-22-35(20-32(41-34)17-18-37)43-44(25(3)4,26(5)6)27(7)8/h12,14,24-28,30-37H,13,15-23H2,1-11H3/b14-12+/t28-,30+,31-,32-,33-,34+,35+,36+/m0/s1. The smallest absolute Gasteiger partial charge is 0.303 e. The molecule has 258 valence electrons. The fourth-order valence-electron chi connectivity index (χ4n) is 7.87. The van der Waals surface area contributed by atoms with Gasteiger partial charge in [0.25, 0.3) is 0 Å². The van der Waals surface area contributed by atoms with Crippen LogP contribution < -0.4 is 0 Å². The first-order valence-electron chi connectivity index (χ1n) is 17.7. The Bertz CT molecular complexity index is 823. The van der Waals surface area contributed by atoms with Gasteiger partial charge < -0.3 is 28.5 Å². The lowest BCUT2D eigenvalue weighted by molar-refractivity contribution is -0.149. The molecule has 0 aliphatic carbocycles. The molecule has 0 amide bonds. The van der Waals surface area contributed by atoms with E-state index >= 15 is 0 Å². The number of aliphatic hydroxyl groups excluding tert-OH is 1. The van der Waals surface area contributed by atoms with Crippen molar-refractivity contribution in [2.75, 3.05) is 13.7 Å². The van der Waals surface area contributed by atoms with Crippen LogP contribution in [0.1, 0.15) is 127 Å². The molecule has 1 N–H and O–H groups in total. The molecule has 2 aliphatic rings. The zero-order chi connectivity index (χ0) is 33.0. The molecule has 2 rings (SSSR count). The van der Waals surface area contributed by atoms with Gasteiger partial charge >= 0.3 is 5.97 Å². The predicted molar refractivity (Wildman–Crippen MR) is 181 cm³/mol. The lowest BCUT2D eigenvalue weighted by Gasteiger charge is -2.47. The quantitative estimate of drug-likeness (QED) is 0.0915. The van der Waals surface area contributed by atoms with Crippen LogP contribution in [0.3, 0.4) is 0 Å². The van der Waals surface area contributed by atoms with E-state index in [9.17, 15) is 9.90 Å². The molecule has 2 heterocycles. The van der Waals surface area contributed by atoms with Crippen molar-refractivity contribution in [3.63, 3.8) is 0 Å². The van der Waals surface area contributed by atoms with Gasteiger partial charge in [-0.25, -0.2) is 0 Å². The normalized spacial score (nSPS) is 28.4. The van der Waals surface area contributed by atoms with E-state index in [-0.39, 0.29) is 55.3 Å². The van der Waals surface area contributed by atoms with Gasteiger partial charge in [-0.05, 0) is 79.5 Å². The van der Waals surface area contributed by atoms with Crippen LogP contribution in [0.15, 0.2) is 12.2 Å². The minimum Gasteiger partial charge on any atom is -0.458 e. The third kappa shape index (κ3) is 12.1. The molecule has 0 aromatic heterocycles. The topological polar surface area (TPSA) is 83.5 Å². The molecule has 2 fully saturated rings. The van der Waals surface area contributed by atoms with Crippen molar-refractivity contribution in [3.05, 3.63) is 12.2 Å². The van der Waals surface area contributed by atoms with Gasteiger partial charge in [0.2, 0.25) is 8.32 Å². The van der Waals surface area contributed by atoms with Gasteiger partial charge in [-0.2, -0.15) is 0 Å². The second-order valence-corrected chi connectivity index (χ2v) is 20.4. The van der Waals surface area contributed by atoms with E-state index in [0.29, 0.717) is 41.3 Å². The Morgan fingerprint density at radius 1 is 0.909 bits per heavy atom. The Morgan fingerprint density at radius 2 is 1.55 bits per heavy atom. The van der Waals surface area contributed by atoms with E-state index in [1.807, 2.05) is 6.08 Å². The molecule has 0 spiro atoms. The highest BCUT2D eigenvalue weighted by Crippen LogP contribution is 2.45. The van der Waals surface area contributed by atoms with Crippen LogP contribution in [-0.2, 0) is 28.2 Å². The summed E-state index contributed by atoms with van der Waals surface area (Å²) in [6, 6.07) is 0. The summed E-state index contributed by atoms with van der Waals surface area (Å²) in [5.74, 6) is 0.729. The zero-order valence-electron chi connectivity index (χ0n) is 30.1. The number of aliphatic hydroxyl groups is 1. The Kier molecular flexibility index (Phi) is 17.1. The van der Waals surface area contributed by atoms with E-state index in [4.69, 9.17) is 23.4 Å². The first kappa shape index (κ1) is 39.4. The van der Waals surface area contributed by atoms with Gasteiger partial charge in [0.15, 0.2) is 0 Å². The predicted octanol–water partition coefficient (Wildman–Crippen LogP) is 8.38. The highest BCUT2D eigenvalue weighted by atomic mass is 28.4. The van der Waals surface area contributed by atoms with Crippen LogP contribution in [0.5, 0.6) is 0 Å². The van der Waals surface area contributed by atoms with Gasteiger partial charge in [-0.1, -0.05) is 68.4 Å². The van der Waals surface area contributed by atoms with Gasteiger partial charge in [-0.15, -0.1) is 0 Å². The van der Waals surface area contributed by atoms with E-state index in [1.54, 1.807) is 7.11 Å². The molecule has 0 saturated carbocycles. The summed E-state index contributed by atoms with van der Waals surface area (Å²) in [6.07, 6.45) is 11.8. The lowest BCUT2D eigenvalue weighted by atomic mass is 9.87.